The number of aliphatic hydroxyl groups excluding tert-OH is 1. The molecule has 0 bridgehead atoms. The first kappa shape index (κ1) is 11.4. The highest BCUT2D eigenvalue weighted by Crippen LogP contribution is 2.38. The normalized spacial score (nSPS) is 28.0. The van der Waals surface area contributed by atoms with E-state index in [0.29, 0.717) is 23.6 Å². The summed E-state index contributed by atoms with van der Waals surface area (Å²) in [5, 5.41) is 9.35. The smallest absolute Gasteiger partial charge is 0.167 e. The van der Waals surface area contributed by atoms with Gasteiger partial charge in [0.2, 0.25) is 0 Å². The molecule has 7 nitrogen and oxygen atoms in total. The highest BCUT2D eigenvalue weighted by Gasteiger charge is 2.37. The van der Waals surface area contributed by atoms with E-state index < -0.39 is 0 Å². The molecule has 3 rings (SSSR count). The second kappa shape index (κ2) is 3.89. The van der Waals surface area contributed by atoms with Gasteiger partial charge in [-0.25, -0.2) is 15.0 Å². The molecule has 0 amide bonds. The summed E-state index contributed by atoms with van der Waals surface area (Å²) in [6.07, 6.45) is 3.62. The quantitative estimate of drug-likeness (QED) is 0.795. The second-order valence-electron chi connectivity index (χ2n) is 5.02. The first-order valence-electron chi connectivity index (χ1n) is 5.78. The molecule has 2 atom stereocenters. The molecule has 18 heavy (non-hydrogen) atoms. The van der Waals surface area contributed by atoms with E-state index in [4.69, 9.17) is 10.5 Å². The second-order valence-corrected chi connectivity index (χ2v) is 5.02. The van der Waals surface area contributed by atoms with Crippen LogP contribution in [0.3, 0.4) is 0 Å². The minimum Gasteiger partial charge on any atom is -0.396 e. The molecular formula is C11H15N5O2. The largest absolute Gasteiger partial charge is 0.396 e. The van der Waals surface area contributed by atoms with Gasteiger partial charge < -0.3 is 15.6 Å². The molecule has 0 aliphatic carbocycles. The zero-order valence-corrected chi connectivity index (χ0v) is 10.1. The van der Waals surface area contributed by atoms with E-state index in [9.17, 15) is 5.11 Å². The van der Waals surface area contributed by atoms with Gasteiger partial charge in [0, 0.05) is 11.8 Å². The summed E-state index contributed by atoms with van der Waals surface area (Å²) >= 11 is 0. The summed E-state index contributed by atoms with van der Waals surface area (Å²) in [5.74, 6) is 0.363. The monoisotopic (exact) mass is 249 g/mol. The Morgan fingerprint density at radius 1 is 1.56 bits per heavy atom. The van der Waals surface area contributed by atoms with Gasteiger partial charge >= 0.3 is 0 Å². The number of hydrogen-bond acceptors (Lipinski definition) is 6. The molecule has 1 aliphatic rings. The summed E-state index contributed by atoms with van der Waals surface area (Å²) in [6.45, 7) is 2.62. The summed E-state index contributed by atoms with van der Waals surface area (Å²) in [6, 6.07) is 0. The third-order valence-corrected chi connectivity index (χ3v) is 3.37. The minimum atomic E-state index is -0.208. The lowest BCUT2D eigenvalue weighted by Crippen LogP contribution is -2.21. The van der Waals surface area contributed by atoms with E-state index in [1.165, 1.54) is 6.33 Å². The third kappa shape index (κ3) is 1.63. The van der Waals surface area contributed by atoms with Crippen molar-refractivity contribution in [3.63, 3.8) is 0 Å². The Morgan fingerprint density at radius 3 is 3.11 bits per heavy atom. The number of aromatic nitrogens is 4. The molecule has 0 aromatic carbocycles. The molecule has 2 aromatic rings. The standard InChI is InChI=1S/C11H15N5O2/c1-11(3-17)2-7(18-4-11)16-6-15-8-9(12)13-5-14-10(8)16/h5-7,17H,2-4H2,1H3,(H2,12,13,14)/t7-,11-/m1/s1. The molecule has 0 radical (unpaired) electrons. The number of nitrogens with zero attached hydrogens (tertiary/aromatic N) is 4. The number of anilines is 1. The number of fused-ring (bicyclic) bond motifs is 1. The number of aliphatic hydroxyl groups is 1. The van der Waals surface area contributed by atoms with Crippen LogP contribution >= 0.6 is 0 Å². The third-order valence-electron chi connectivity index (χ3n) is 3.37. The average molecular weight is 249 g/mol. The average Bonchev–Trinajstić information content (AvgIpc) is 2.94. The van der Waals surface area contributed by atoms with Crippen molar-refractivity contribution in [3.05, 3.63) is 12.7 Å². The molecule has 2 aromatic heterocycles. The Hall–Kier alpha value is -1.73. The molecule has 3 heterocycles. The van der Waals surface area contributed by atoms with Crippen LogP contribution in [0.2, 0.25) is 0 Å². The van der Waals surface area contributed by atoms with Crippen LogP contribution in [-0.4, -0.2) is 37.8 Å². The van der Waals surface area contributed by atoms with Crippen LogP contribution in [0.15, 0.2) is 12.7 Å². The van der Waals surface area contributed by atoms with Gasteiger partial charge in [0.25, 0.3) is 0 Å². The van der Waals surface area contributed by atoms with Crippen LogP contribution in [0, 0.1) is 5.41 Å². The molecular weight excluding hydrogens is 234 g/mol. The zero-order chi connectivity index (χ0) is 12.8. The van der Waals surface area contributed by atoms with Crippen LogP contribution < -0.4 is 5.73 Å². The topological polar surface area (TPSA) is 99.1 Å². The van der Waals surface area contributed by atoms with Gasteiger partial charge in [-0.1, -0.05) is 6.92 Å². The van der Waals surface area contributed by atoms with Crippen molar-refractivity contribution in [3.8, 4) is 0 Å². The number of nitrogens with two attached hydrogens (primary N) is 1. The Kier molecular flexibility index (Phi) is 2.46. The predicted molar refractivity (Wildman–Crippen MR) is 64.5 cm³/mol. The maximum absolute atomic E-state index is 9.35. The van der Waals surface area contributed by atoms with Crippen LogP contribution in [0.25, 0.3) is 11.2 Å². The highest BCUT2D eigenvalue weighted by molar-refractivity contribution is 5.81. The first-order valence-corrected chi connectivity index (χ1v) is 5.78. The SMILES string of the molecule is C[C@@]1(CO)CO[C@@H](n2cnc3c(N)ncnc32)C1. The van der Waals surface area contributed by atoms with Gasteiger partial charge in [-0.3, -0.25) is 4.57 Å². The highest BCUT2D eigenvalue weighted by atomic mass is 16.5. The van der Waals surface area contributed by atoms with Gasteiger partial charge in [0.15, 0.2) is 11.5 Å². The molecule has 3 N–H and O–H groups in total. The molecule has 0 saturated carbocycles. The van der Waals surface area contributed by atoms with Crippen molar-refractivity contribution in [2.45, 2.75) is 19.6 Å². The Bertz CT molecular complexity index is 584. The summed E-state index contributed by atoms with van der Waals surface area (Å²) in [7, 11) is 0. The van der Waals surface area contributed by atoms with Crippen molar-refractivity contribution in [1.82, 2.24) is 19.5 Å². The fraction of sp³-hybridized carbons (Fsp3) is 0.545. The number of imidazole rings is 1. The summed E-state index contributed by atoms with van der Waals surface area (Å²) in [5.41, 5.74) is 6.78. The zero-order valence-electron chi connectivity index (χ0n) is 10.1. The van der Waals surface area contributed by atoms with E-state index >= 15 is 0 Å². The molecule has 1 fully saturated rings. The predicted octanol–water partition coefficient (Wildman–Crippen LogP) is 0.326. The molecule has 1 saturated heterocycles. The molecule has 1 aliphatic heterocycles. The van der Waals surface area contributed by atoms with Crippen LogP contribution in [0.5, 0.6) is 0 Å². The van der Waals surface area contributed by atoms with Crippen molar-refractivity contribution < 1.29 is 9.84 Å². The van der Waals surface area contributed by atoms with Gasteiger partial charge in [-0.2, -0.15) is 0 Å². The van der Waals surface area contributed by atoms with E-state index in [0.717, 1.165) is 6.42 Å². The molecule has 7 heteroatoms. The van der Waals surface area contributed by atoms with Gasteiger partial charge in [-0.05, 0) is 0 Å². The van der Waals surface area contributed by atoms with Crippen LogP contribution in [-0.2, 0) is 4.74 Å². The van der Waals surface area contributed by atoms with Crippen LogP contribution in [0.4, 0.5) is 5.82 Å². The fourth-order valence-corrected chi connectivity index (χ4v) is 2.21. The number of nitrogen functional groups attached to an aromatic ring is 1. The lowest BCUT2D eigenvalue weighted by Gasteiger charge is -2.17. The van der Waals surface area contributed by atoms with E-state index in [1.807, 2.05) is 11.5 Å². The van der Waals surface area contributed by atoms with Gasteiger partial charge in [-0.15, -0.1) is 0 Å². The maximum atomic E-state index is 9.35. The maximum Gasteiger partial charge on any atom is 0.167 e. The summed E-state index contributed by atoms with van der Waals surface area (Å²) < 4.78 is 7.56. The van der Waals surface area contributed by atoms with Gasteiger partial charge in [0.1, 0.15) is 18.1 Å². The van der Waals surface area contributed by atoms with E-state index in [1.54, 1.807) is 6.33 Å². The number of rotatable bonds is 2. The molecule has 0 unspecified atom stereocenters. The van der Waals surface area contributed by atoms with Gasteiger partial charge in [0.05, 0.1) is 19.5 Å². The first-order chi connectivity index (χ1) is 8.63. The minimum absolute atomic E-state index is 0.104. The lowest BCUT2D eigenvalue weighted by atomic mass is 9.90. The van der Waals surface area contributed by atoms with Crippen molar-refractivity contribution in [1.29, 1.82) is 0 Å². The Balaban J connectivity index is 1.99. The van der Waals surface area contributed by atoms with Crippen molar-refractivity contribution >= 4 is 17.0 Å². The van der Waals surface area contributed by atoms with E-state index in [2.05, 4.69) is 15.0 Å². The van der Waals surface area contributed by atoms with Crippen molar-refractivity contribution in [2.24, 2.45) is 5.41 Å². The molecule has 0 spiro atoms. The number of ether oxygens (including phenoxy) is 1. The Morgan fingerprint density at radius 2 is 2.39 bits per heavy atom. The number of hydrogen-bond donors (Lipinski definition) is 2. The van der Waals surface area contributed by atoms with Crippen molar-refractivity contribution in [2.75, 3.05) is 18.9 Å². The van der Waals surface area contributed by atoms with Crippen LogP contribution in [0.1, 0.15) is 19.6 Å². The van der Waals surface area contributed by atoms with E-state index in [-0.39, 0.29) is 18.2 Å². The lowest BCUT2D eigenvalue weighted by molar-refractivity contribution is 0.0464. The molecule has 96 valence electrons. The summed E-state index contributed by atoms with van der Waals surface area (Å²) in [4.78, 5) is 12.3. The Labute approximate surface area is 104 Å². The fourth-order valence-electron chi connectivity index (χ4n) is 2.21.